The highest BCUT2D eigenvalue weighted by Gasteiger charge is 2.17. The van der Waals surface area contributed by atoms with Crippen molar-refractivity contribution < 1.29 is 14.3 Å². The second kappa shape index (κ2) is 8.58. The first-order valence-electron chi connectivity index (χ1n) is 4.82. The van der Waals surface area contributed by atoms with Gasteiger partial charge in [0.15, 0.2) is 0 Å². The van der Waals surface area contributed by atoms with E-state index in [1.54, 1.807) is 13.5 Å². The van der Waals surface area contributed by atoms with E-state index in [2.05, 4.69) is 11.8 Å². The molecule has 0 aromatic heterocycles. The topological polar surface area (TPSA) is 35.5 Å². The second-order valence-corrected chi connectivity index (χ2v) is 2.65. The highest BCUT2D eigenvalue weighted by molar-refractivity contribution is 5.78. The smallest absolute Gasteiger partial charge is 0.347 e. The standard InChI is InChI=1S/C11H17O3/c1-4-7-10(13-8-5-2)11(12)14-9-6-3/h8,10H,5-6,9H2,1-3H3. The average Bonchev–Trinajstić information content (AvgIpc) is 2.20. The highest BCUT2D eigenvalue weighted by Crippen LogP contribution is 2.00. The van der Waals surface area contributed by atoms with Crippen LogP contribution in [0.5, 0.6) is 0 Å². The molecule has 0 aromatic rings. The third-order valence-corrected chi connectivity index (χ3v) is 1.34. The van der Waals surface area contributed by atoms with Crippen molar-refractivity contribution in [2.75, 3.05) is 6.61 Å². The lowest BCUT2D eigenvalue weighted by molar-refractivity contribution is -0.151. The number of hydrogen-bond acceptors (Lipinski definition) is 3. The molecule has 0 aromatic carbocycles. The van der Waals surface area contributed by atoms with Gasteiger partial charge in [-0.1, -0.05) is 19.8 Å². The first kappa shape index (κ1) is 13.0. The van der Waals surface area contributed by atoms with E-state index in [0.29, 0.717) is 6.61 Å². The fourth-order valence-corrected chi connectivity index (χ4v) is 0.750. The largest absolute Gasteiger partial charge is 0.463 e. The molecule has 3 heteroatoms. The Morgan fingerprint density at radius 2 is 2.21 bits per heavy atom. The van der Waals surface area contributed by atoms with Crippen LogP contribution in [0.25, 0.3) is 0 Å². The summed E-state index contributed by atoms with van der Waals surface area (Å²) in [4.78, 5) is 11.3. The minimum Gasteiger partial charge on any atom is -0.463 e. The third-order valence-electron chi connectivity index (χ3n) is 1.34. The number of hydrogen-bond donors (Lipinski definition) is 0. The molecule has 0 aliphatic rings. The Morgan fingerprint density at radius 1 is 1.50 bits per heavy atom. The van der Waals surface area contributed by atoms with Gasteiger partial charge in [-0.2, -0.15) is 0 Å². The van der Waals surface area contributed by atoms with Crippen LogP contribution in [0.4, 0.5) is 0 Å². The van der Waals surface area contributed by atoms with E-state index < -0.39 is 12.1 Å². The number of ether oxygens (including phenoxy) is 2. The summed E-state index contributed by atoms with van der Waals surface area (Å²) in [7, 11) is 0. The summed E-state index contributed by atoms with van der Waals surface area (Å²) in [5.41, 5.74) is 0. The van der Waals surface area contributed by atoms with Gasteiger partial charge < -0.3 is 9.47 Å². The summed E-state index contributed by atoms with van der Waals surface area (Å²) in [6, 6.07) is 0. The first-order chi connectivity index (χ1) is 6.76. The molecule has 14 heavy (non-hydrogen) atoms. The van der Waals surface area contributed by atoms with Crippen molar-refractivity contribution in [1.82, 2.24) is 0 Å². The van der Waals surface area contributed by atoms with Crippen LogP contribution in [0.2, 0.25) is 0 Å². The molecular formula is C11H17O3. The quantitative estimate of drug-likeness (QED) is 0.482. The highest BCUT2D eigenvalue weighted by atomic mass is 16.6. The summed E-state index contributed by atoms with van der Waals surface area (Å²) in [6.45, 7) is 7.49. The average molecular weight is 197 g/mol. The van der Waals surface area contributed by atoms with Crippen molar-refractivity contribution in [1.29, 1.82) is 0 Å². The molecule has 0 fully saturated rings. The van der Waals surface area contributed by atoms with Gasteiger partial charge in [0, 0.05) is 0 Å². The van der Waals surface area contributed by atoms with Crippen LogP contribution in [0.3, 0.4) is 0 Å². The molecule has 0 amide bonds. The normalized spacial score (nSPS) is 11.4. The summed E-state index contributed by atoms with van der Waals surface area (Å²) >= 11 is 0. The van der Waals surface area contributed by atoms with Gasteiger partial charge in [0.25, 0.3) is 0 Å². The van der Waals surface area contributed by atoms with E-state index in [4.69, 9.17) is 9.47 Å². The molecule has 0 heterocycles. The number of rotatable bonds is 6. The van der Waals surface area contributed by atoms with Crippen molar-refractivity contribution in [3.8, 4) is 11.8 Å². The molecule has 0 spiro atoms. The van der Waals surface area contributed by atoms with Crippen LogP contribution < -0.4 is 0 Å². The zero-order chi connectivity index (χ0) is 10.8. The number of esters is 1. The Kier molecular flexibility index (Phi) is 7.96. The van der Waals surface area contributed by atoms with Crippen LogP contribution in [0.1, 0.15) is 33.6 Å². The van der Waals surface area contributed by atoms with Gasteiger partial charge in [0.1, 0.15) is 0 Å². The van der Waals surface area contributed by atoms with Gasteiger partial charge in [0.2, 0.25) is 6.10 Å². The molecule has 1 radical (unpaired) electrons. The maximum Gasteiger partial charge on any atom is 0.347 e. The Morgan fingerprint density at radius 3 is 2.71 bits per heavy atom. The van der Waals surface area contributed by atoms with E-state index >= 15 is 0 Å². The molecule has 0 saturated carbocycles. The molecule has 0 aliphatic carbocycles. The molecule has 0 aliphatic heterocycles. The van der Waals surface area contributed by atoms with Crippen molar-refractivity contribution in [3.63, 3.8) is 0 Å². The molecule has 0 rings (SSSR count). The molecular weight excluding hydrogens is 180 g/mol. The van der Waals surface area contributed by atoms with Gasteiger partial charge in [-0.3, -0.25) is 0 Å². The van der Waals surface area contributed by atoms with Gasteiger partial charge in [0.05, 0.1) is 13.2 Å². The monoisotopic (exact) mass is 197 g/mol. The van der Waals surface area contributed by atoms with Gasteiger partial charge >= 0.3 is 5.97 Å². The molecule has 0 bridgehead atoms. The Bertz CT molecular complexity index is 212. The van der Waals surface area contributed by atoms with Crippen LogP contribution in [0, 0.1) is 18.4 Å². The number of carbonyl (C=O) groups excluding carboxylic acids is 1. The third kappa shape index (κ3) is 5.60. The summed E-state index contributed by atoms with van der Waals surface area (Å²) in [5, 5.41) is 0. The van der Waals surface area contributed by atoms with Crippen molar-refractivity contribution in [3.05, 3.63) is 6.61 Å². The van der Waals surface area contributed by atoms with Crippen molar-refractivity contribution in [2.24, 2.45) is 0 Å². The van der Waals surface area contributed by atoms with Crippen molar-refractivity contribution >= 4 is 5.97 Å². The van der Waals surface area contributed by atoms with Crippen LogP contribution in [-0.2, 0) is 14.3 Å². The van der Waals surface area contributed by atoms with E-state index in [0.717, 1.165) is 12.8 Å². The van der Waals surface area contributed by atoms with E-state index in [1.807, 2.05) is 13.8 Å². The fraction of sp³-hybridized carbons (Fsp3) is 0.636. The van der Waals surface area contributed by atoms with E-state index in [-0.39, 0.29) is 0 Å². The Labute approximate surface area is 85.8 Å². The summed E-state index contributed by atoms with van der Waals surface area (Å²) in [5.74, 6) is 4.88. The predicted molar refractivity (Wildman–Crippen MR) is 54.2 cm³/mol. The molecule has 0 saturated heterocycles. The minimum absolute atomic E-state index is 0.411. The predicted octanol–water partition coefficient (Wildman–Crippen LogP) is 1.92. The lowest BCUT2D eigenvalue weighted by Crippen LogP contribution is -2.24. The van der Waals surface area contributed by atoms with Crippen molar-refractivity contribution in [2.45, 2.75) is 39.7 Å². The Hall–Kier alpha value is -1.01. The zero-order valence-corrected chi connectivity index (χ0v) is 9.00. The lowest BCUT2D eigenvalue weighted by atomic mass is 10.3. The van der Waals surface area contributed by atoms with Gasteiger partial charge in [-0.25, -0.2) is 4.79 Å². The summed E-state index contributed by atoms with van der Waals surface area (Å²) < 4.78 is 10.0. The Balaban J connectivity index is 4.02. The van der Waals surface area contributed by atoms with E-state index in [9.17, 15) is 4.79 Å². The molecule has 79 valence electrons. The molecule has 1 atom stereocenters. The second-order valence-electron chi connectivity index (χ2n) is 2.65. The van der Waals surface area contributed by atoms with Crippen LogP contribution in [-0.4, -0.2) is 18.7 Å². The zero-order valence-electron chi connectivity index (χ0n) is 9.00. The molecule has 1 unspecified atom stereocenters. The molecule has 0 N–H and O–H groups in total. The lowest BCUT2D eigenvalue weighted by Gasteiger charge is -2.10. The number of carbonyl (C=O) groups is 1. The minimum atomic E-state index is -0.772. The van der Waals surface area contributed by atoms with Gasteiger partial charge in [-0.05, 0) is 19.8 Å². The SMILES string of the molecule is CC#CC(O[CH]CC)C(=O)OCCC. The first-order valence-corrected chi connectivity index (χ1v) is 4.82. The van der Waals surface area contributed by atoms with Crippen LogP contribution in [0.15, 0.2) is 0 Å². The summed E-state index contributed by atoms with van der Waals surface area (Å²) in [6.07, 6.45) is 0.768. The fourth-order valence-electron chi connectivity index (χ4n) is 0.750. The molecule has 3 nitrogen and oxygen atoms in total. The maximum atomic E-state index is 11.3. The van der Waals surface area contributed by atoms with Crippen LogP contribution >= 0.6 is 0 Å². The maximum absolute atomic E-state index is 11.3. The van der Waals surface area contributed by atoms with Gasteiger partial charge in [-0.15, -0.1) is 5.92 Å². The van der Waals surface area contributed by atoms with E-state index in [1.165, 1.54) is 0 Å².